The third-order valence-corrected chi connectivity index (χ3v) is 7.14. The van der Waals surface area contributed by atoms with Crippen molar-refractivity contribution in [3.8, 4) is 0 Å². The highest BCUT2D eigenvalue weighted by Gasteiger charge is 2.50. The van der Waals surface area contributed by atoms with Crippen LogP contribution in [0.1, 0.15) is 71.0 Å². The van der Waals surface area contributed by atoms with Crippen LogP contribution in [0.25, 0.3) is 11.2 Å². The molecule has 3 aliphatic carbocycles. The molecule has 2 bridgehead atoms. The summed E-state index contributed by atoms with van der Waals surface area (Å²) in [5.41, 5.74) is 0.157. The zero-order valence-electron chi connectivity index (χ0n) is 17.7. The van der Waals surface area contributed by atoms with E-state index in [1.165, 1.54) is 10.6 Å². The minimum atomic E-state index is -0.902. The van der Waals surface area contributed by atoms with E-state index in [-0.39, 0.29) is 22.1 Å². The Balaban J connectivity index is 1.76. The number of carbonyl (C=O) groups is 1. The quantitative estimate of drug-likeness (QED) is 0.677. The number of aliphatic carboxylic acids is 1. The second-order valence-corrected chi connectivity index (χ2v) is 8.99. The van der Waals surface area contributed by atoms with E-state index >= 15 is 0 Å². The molecular weight excluding hydrogens is 384 g/mol. The van der Waals surface area contributed by atoms with Crippen LogP contribution in [0.3, 0.4) is 0 Å². The van der Waals surface area contributed by atoms with Crippen LogP contribution in [-0.2, 0) is 23.3 Å². The predicted octanol–water partition coefficient (Wildman–Crippen LogP) is 2.94. The van der Waals surface area contributed by atoms with Crippen LogP contribution in [0.2, 0.25) is 0 Å². The maximum Gasteiger partial charge on any atom is 0.332 e. The van der Waals surface area contributed by atoms with Gasteiger partial charge in [0.2, 0.25) is 0 Å². The van der Waals surface area contributed by atoms with Gasteiger partial charge in [0.25, 0.3) is 5.56 Å². The third kappa shape index (κ3) is 3.22. The molecule has 0 aromatic carbocycles. The molecule has 0 unspecified atom stereocenters. The van der Waals surface area contributed by atoms with E-state index in [2.05, 4.69) is 4.98 Å². The summed E-state index contributed by atoms with van der Waals surface area (Å²) in [5, 5.41) is 8.99. The van der Waals surface area contributed by atoms with Gasteiger partial charge in [-0.1, -0.05) is 19.9 Å². The van der Waals surface area contributed by atoms with E-state index < -0.39 is 5.97 Å². The first-order chi connectivity index (χ1) is 14.3. The Bertz CT molecular complexity index is 1100. The standard InChI is InChI=1S/C22H30N4O4/c1-3-13-25-17-16(18(29)26(14-4-2)20(25)30)23-19(24-17)22-10-7-21(8-11-22,9-12-22)6-5-15(27)28/h5-6H,3-4,7-14H2,1-2H3,(H,23,24)(H,27,28)/b6-5+. The van der Waals surface area contributed by atoms with Crippen LogP contribution in [0.15, 0.2) is 21.7 Å². The van der Waals surface area contributed by atoms with Gasteiger partial charge >= 0.3 is 11.7 Å². The van der Waals surface area contributed by atoms with Crippen molar-refractivity contribution in [2.45, 2.75) is 83.7 Å². The predicted molar refractivity (Wildman–Crippen MR) is 114 cm³/mol. The van der Waals surface area contributed by atoms with Crippen molar-refractivity contribution in [2.24, 2.45) is 5.41 Å². The molecule has 0 aliphatic heterocycles. The number of rotatable bonds is 7. The number of imidazole rings is 1. The number of H-pyrrole nitrogens is 1. The number of aromatic amines is 1. The van der Waals surface area contributed by atoms with Gasteiger partial charge in [-0.3, -0.25) is 13.9 Å². The zero-order valence-corrected chi connectivity index (χ0v) is 17.7. The Labute approximate surface area is 174 Å². The van der Waals surface area contributed by atoms with E-state index in [0.29, 0.717) is 30.7 Å². The number of hydrogen-bond acceptors (Lipinski definition) is 4. The normalized spacial score (nSPS) is 26.1. The Morgan fingerprint density at radius 3 is 2.23 bits per heavy atom. The average Bonchev–Trinajstić information content (AvgIpc) is 3.20. The van der Waals surface area contributed by atoms with E-state index in [9.17, 15) is 14.4 Å². The van der Waals surface area contributed by atoms with Crippen molar-refractivity contribution >= 4 is 17.1 Å². The van der Waals surface area contributed by atoms with Gasteiger partial charge in [-0.25, -0.2) is 14.6 Å². The van der Waals surface area contributed by atoms with Gasteiger partial charge in [0.1, 0.15) is 11.3 Å². The molecule has 8 heteroatoms. The first-order valence-electron chi connectivity index (χ1n) is 11.0. The minimum absolute atomic E-state index is 0.0374. The molecule has 3 fully saturated rings. The molecule has 162 valence electrons. The summed E-state index contributed by atoms with van der Waals surface area (Å²) in [6.45, 7) is 4.88. The molecule has 0 saturated heterocycles. The van der Waals surface area contributed by atoms with Crippen molar-refractivity contribution in [2.75, 3.05) is 0 Å². The van der Waals surface area contributed by atoms with Crippen LogP contribution in [0.5, 0.6) is 0 Å². The maximum absolute atomic E-state index is 13.0. The molecule has 30 heavy (non-hydrogen) atoms. The summed E-state index contributed by atoms with van der Waals surface area (Å²) in [6, 6.07) is 0. The molecule has 0 amide bonds. The number of fused-ring (bicyclic) bond motifs is 4. The van der Waals surface area contributed by atoms with Crippen molar-refractivity contribution in [1.29, 1.82) is 0 Å². The molecular formula is C22H30N4O4. The number of hydrogen-bond donors (Lipinski definition) is 2. The van der Waals surface area contributed by atoms with Crippen molar-refractivity contribution in [1.82, 2.24) is 19.1 Å². The second-order valence-electron chi connectivity index (χ2n) is 8.99. The molecule has 2 heterocycles. The number of carboxylic acids is 1. The summed E-state index contributed by atoms with van der Waals surface area (Å²) in [4.78, 5) is 45.0. The monoisotopic (exact) mass is 414 g/mol. The summed E-state index contributed by atoms with van der Waals surface area (Å²) in [6.07, 6.45) is 10.1. The van der Waals surface area contributed by atoms with Gasteiger partial charge in [-0.15, -0.1) is 0 Å². The number of nitrogens with one attached hydrogen (secondary N) is 1. The molecule has 0 radical (unpaired) electrons. The molecule has 3 saturated carbocycles. The Morgan fingerprint density at radius 2 is 1.67 bits per heavy atom. The highest BCUT2D eigenvalue weighted by atomic mass is 16.4. The Hall–Kier alpha value is -2.64. The van der Waals surface area contributed by atoms with E-state index in [0.717, 1.165) is 50.8 Å². The molecule has 3 aliphatic rings. The molecule has 0 spiro atoms. The number of aromatic nitrogens is 4. The number of allylic oxidation sites excluding steroid dienone is 1. The average molecular weight is 415 g/mol. The van der Waals surface area contributed by atoms with Crippen molar-refractivity contribution in [3.63, 3.8) is 0 Å². The third-order valence-electron chi connectivity index (χ3n) is 7.14. The lowest BCUT2D eigenvalue weighted by Gasteiger charge is -2.51. The van der Waals surface area contributed by atoms with Gasteiger partial charge < -0.3 is 10.1 Å². The largest absolute Gasteiger partial charge is 0.478 e. The van der Waals surface area contributed by atoms with Gasteiger partial charge in [0.05, 0.1) is 0 Å². The molecule has 0 atom stereocenters. The first-order valence-corrected chi connectivity index (χ1v) is 11.0. The molecule has 2 aromatic heterocycles. The number of nitrogens with zero attached hydrogens (tertiary/aromatic N) is 3. The fraction of sp³-hybridized carbons (Fsp3) is 0.636. The summed E-state index contributed by atoms with van der Waals surface area (Å²) in [5.74, 6) is -0.0926. The maximum atomic E-state index is 13.0. The zero-order chi connectivity index (χ0) is 21.5. The van der Waals surface area contributed by atoms with Crippen LogP contribution < -0.4 is 11.2 Å². The van der Waals surface area contributed by atoms with E-state index in [4.69, 9.17) is 10.1 Å². The Kier molecular flexibility index (Phi) is 5.20. The van der Waals surface area contributed by atoms with Crippen LogP contribution in [0, 0.1) is 5.41 Å². The first kappa shape index (κ1) is 20.6. The van der Waals surface area contributed by atoms with Crippen LogP contribution >= 0.6 is 0 Å². The lowest BCUT2D eigenvalue weighted by Crippen LogP contribution is -2.44. The topological polar surface area (TPSA) is 110 Å². The van der Waals surface area contributed by atoms with Crippen LogP contribution in [-0.4, -0.2) is 30.2 Å². The van der Waals surface area contributed by atoms with E-state index in [1.807, 2.05) is 19.9 Å². The molecule has 5 rings (SSSR count). The fourth-order valence-corrected chi connectivity index (χ4v) is 5.33. The van der Waals surface area contributed by atoms with E-state index in [1.54, 1.807) is 4.57 Å². The van der Waals surface area contributed by atoms with Gasteiger partial charge in [-0.05, 0) is 56.8 Å². The molecule has 8 nitrogen and oxygen atoms in total. The van der Waals surface area contributed by atoms with Crippen LogP contribution in [0.4, 0.5) is 0 Å². The second kappa shape index (κ2) is 7.56. The minimum Gasteiger partial charge on any atom is -0.478 e. The number of carboxylic acid groups (broad SMARTS) is 1. The summed E-state index contributed by atoms with van der Waals surface area (Å²) in [7, 11) is 0. The van der Waals surface area contributed by atoms with Gasteiger partial charge in [0.15, 0.2) is 5.65 Å². The van der Waals surface area contributed by atoms with Crippen molar-refractivity contribution < 1.29 is 9.90 Å². The molecule has 2 aromatic rings. The summed E-state index contributed by atoms with van der Waals surface area (Å²) < 4.78 is 2.95. The highest BCUT2D eigenvalue weighted by molar-refractivity contribution is 5.79. The van der Waals surface area contributed by atoms with Crippen molar-refractivity contribution in [3.05, 3.63) is 38.8 Å². The van der Waals surface area contributed by atoms with Gasteiger partial charge in [-0.2, -0.15) is 0 Å². The molecule has 2 N–H and O–H groups in total. The fourth-order valence-electron chi connectivity index (χ4n) is 5.33. The summed E-state index contributed by atoms with van der Waals surface area (Å²) >= 11 is 0. The Morgan fingerprint density at radius 1 is 1.07 bits per heavy atom. The number of aryl methyl sites for hydroxylation is 1. The lowest BCUT2D eigenvalue weighted by molar-refractivity contribution is -0.131. The van der Waals surface area contributed by atoms with Gasteiger partial charge in [0, 0.05) is 24.6 Å². The lowest BCUT2D eigenvalue weighted by atomic mass is 9.53. The smallest absolute Gasteiger partial charge is 0.332 e. The highest BCUT2D eigenvalue weighted by Crippen LogP contribution is 2.57. The SMILES string of the molecule is CCCn1c(=O)c2[nH]c(C34CCC(/C=C/C(=O)O)(CC3)CC4)nc2n(CCC)c1=O.